The second-order valence-corrected chi connectivity index (χ2v) is 6.20. The van der Waals surface area contributed by atoms with Gasteiger partial charge in [0.2, 0.25) is 0 Å². The van der Waals surface area contributed by atoms with Gasteiger partial charge >= 0.3 is 0 Å². The van der Waals surface area contributed by atoms with Gasteiger partial charge in [0.05, 0.1) is 17.2 Å². The molecule has 0 bridgehead atoms. The number of sulfonamides is 1. The number of aromatic nitrogens is 1. The lowest BCUT2D eigenvalue weighted by molar-refractivity contribution is 0.414. The Hall–Kier alpha value is -1.50. The maximum Gasteiger partial charge on any atom is 0.264 e. The van der Waals surface area contributed by atoms with E-state index in [9.17, 15) is 8.42 Å². The number of hydrogen-bond acceptors (Lipinski definition) is 4. The molecule has 106 valence electrons. The molecule has 1 aromatic carbocycles. The Morgan fingerprint density at radius 3 is 2.55 bits per heavy atom. The lowest BCUT2D eigenvalue weighted by Crippen LogP contribution is -2.14. The van der Waals surface area contributed by atoms with Gasteiger partial charge in [0, 0.05) is 12.3 Å². The number of ether oxygens (including phenoxy) is 1. The van der Waals surface area contributed by atoms with Gasteiger partial charge in [0.15, 0.2) is 0 Å². The van der Waals surface area contributed by atoms with Crippen molar-refractivity contribution in [3.63, 3.8) is 0 Å². The molecule has 0 saturated carbocycles. The molecule has 0 fully saturated rings. The minimum absolute atomic E-state index is 0.00896. The Kier molecular flexibility index (Phi) is 4.37. The van der Waals surface area contributed by atoms with Crippen molar-refractivity contribution in [1.82, 2.24) is 4.98 Å². The predicted octanol–water partition coefficient (Wildman–Crippen LogP) is 3.20. The van der Waals surface area contributed by atoms with Crippen molar-refractivity contribution < 1.29 is 13.2 Å². The van der Waals surface area contributed by atoms with E-state index in [0.29, 0.717) is 5.75 Å². The van der Waals surface area contributed by atoms with E-state index in [4.69, 9.17) is 27.9 Å². The molecule has 0 atom stereocenters. The van der Waals surface area contributed by atoms with Crippen LogP contribution in [0.2, 0.25) is 10.0 Å². The van der Waals surface area contributed by atoms with Crippen LogP contribution in [-0.4, -0.2) is 20.5 Å². The zero-order chi connectivity index (χ0) is 14.8. The molecule has 8 heteroatoms. The number of nitrogens with zero attached hydrogens (tertiary/aromatic N) is 1. The van der Waals surface area contributed by atoms with Gasteiger partial charge in [-0.15, -0.1) is 0 Å². The first kappa shape index (κ1) is 14.9. The molecule has 1 heterocycles. The van der Waals surface area contributed by atoms with E-state index in [0.717, 1.165) is 0 Å². The molecule has 1 N–H and O–H groups in total. The standard InChI is InChI=1S/C12H10Cl2N2O3S/c1-19-10-6-9(14)11(7-8(10)13)20(17,18)16-12-4-2-3-5-15-12/h2-7H,1H3,(H,15,16). The van der Waals surface area contributed by atoms with E-state index in [1.165, 1.54) is 31.5 Å². The monoisotopic (exact) mass is 332 g/mol. The number of anilines is 1. The summed E-state index contributed by atoms with van der Waals surface area (Å²) in [6, 6.07) is 7.43. The fraction of sp³-hybridized carbons (Fsp3) is 0.0833. The van der Waals surface area contributed by atoms with E-state index >= 15 is 0 Å². The molecule has 2 rings (SSSR count). The molecule has 5 nitrogen and oxygen atoms in total. The lowest BCUT2D eigenvalue weighted by atomic mass is 10.3. The van der Waals surface area contributed by atoms with Gasteiger partial charge in [-0.2, -0.15) is 0 Å². The van der Waals surface area contributed by atoms with Gasteiger partial charge in [-0.1, -0.05) is 29.3 Å². The van der Waals surface area contributed by atoms with Crippen LogP contribution in [0.3, 0.4) is 0 Å². The highest BCUT2D eigenvalue weighted by atomic mass is 35.5. The van der Waals surface area contributed by atoms with Crippen LogP contribution >= 0.6 is 23.2 Å². The molecule has 0 aliphatic heterocycles. The van der Waals surface area contributed by atoms with Gasteiger partial charge < -0.3 is 4.74 Å². The Labute approximate surface area is 126 Å². The Morgan fingerprint density at radius 2 is 1.95 bits per heavy atom. The first-order chi connectivity index (χ1) is 9.44. The van der Waals surface area contributed by atoms with Crippen LogP contribution in [0.4, 0.5) is 5.82 Å². The third kappa shape index (κ3) is 3.15. The number of halogens is 2. The van der Waals surface area contributed by atoms with Crippen molar-refractivity contribution in [3.05, 3.63) is 46.6 Å². The molecule has 1 aromatic heterocycles. The molecule has 0 amide bonds. The van der Waals surface area contributed by atoms with Crippen molar-refractivity contribution >= 4 is 39.0 Å². The average Bonchev–Trinajstić information content (AvgIpc) is 2.41. The average molecular weight is 333 g/mol. The Balaban J connectivity index is 2.42. The summed E-state index contributed by atoms with van der Waals surface area (Å²) >= 11 is 11.9. The van der Waals surface area contributed by atoms with Gasteiger partial charge in [-0.25, -0.2) is 13.4 Å². The van der Waals surface area contributed by atoms with Crippen LogP contribution in [0, 0.1) is 0 Å². The highest BCUT2D eigenvalue weighted by molar-refractivity contribution is 7.92. The van der Waals surface area contributed by atoms with E-state index in [2.05, 4.69) is 9.71 Å². The van der Waals surface area contributed by atoms with Crippen molar-refractivity contribution in [2.24, 2.45) is 0 Å². The predicted molar refractivity (Wildman–Crippen MR) is 78.1 cm³/mol. The summed E-state index contributed by atoms with van der Waals surface area (Å²) in [7, 11) is -2.46. The number of methoxy groups -OCH3 is 1. The Bertz CT molecular complexity index is 721. The first-order valence-corrected chi connectivity index (χ1v) is 7.65. The zero-order valence-electron chi connectivity index (χ0n) is 10.3. The summed E-state index contributed by atoms with van der Waals surface area (Å²) in [5, 5.41) is 0.160. The summed E-state index contributed by atoms with van der Waals surface area (Å²) in [4.78, 5) is 3.74. The second-order valence-electron chi connectivity index (χ2n) is 3.74. The Morgan fingerprint density at radius 1 is 1.20 bits per heavy atom. The van der Waals surface area contributed by atoms with Crippen molar-refractivity contribution in [2.75, 3.05) is 11.8 Å². The minimum Gasteiger partial charge on any atom is -0.495 e. The molecular weight excluding hydrogens is 323 g/mol. The quantitative estimate of drug-likeness (QED) is 0.933. The van der Waals surface area contributed by atoms with Crippen molar-refractivity contribution in [3.8, 4) is 5.75 Å². The fourth-order valence-electron chi connectivity index (χ4n) is 1.49. The summed E-state index contributed by atoms with van der Waals surface area (Å²) in [6.45, 7) is 0. The topological polar surface area (TPSA) is 68.3 Å². The lowest BCUT2D eigenvalue weighted by Gasteiger charge is -2.11. The molecule has 0 aliphatic carbocycles. The fourth-order valence-corrected chi connectivity index (χ4v) is 3.35. The molecule has 0 unspecified atom stereocenters. The van der Waals surface area contributed by atoms with Crippen molar-refractivity contribution in [2.45, 2.75) is 4.90 Å². The number of pyridine rings is 1. The molecule has 0 aliphatic rings. The summed E-state index contributed by atoms with van der Waals surface area (Å²) in [6.07, 6.45) is 1.47. The number of hydrogen-bond donors (Lipinski definition) is 1. The third-order valence-corrected chi connectivity index (χ3v) is 4.51. The molecular formula is C12H10Cl2N2O3S. The highest BCUT2D eigenvalue weighted by Gasteiger charge is 2.21. The van der Waals surface area contributed by atoms with Crippen LogP contribution in [-0.2, 0) is 10.0 Å². The van der Waals surface area contributed by atoms with Crippen LogP contribution in [0.1, 0.15) is 0 Å². The summed E-state index contributed by atoms with van der Waals surface area (Å²) in [5.41, 5.74) is 0. The van der Waals surface area contributed by atoms with Gasteiger partial charge in [0.1, 0.15) is 16.5 Å². The number of benzene rings is 1. The van der Waals surface area contributed by atoms with E-state index in [-0.39, 0.29) is 20.8 Å². The largest absolute Gasteiger partial charge is 0.495 e. The van der Waals surface area contributed by atoms with Gasteiger partial charge in [-0.3, -0.25) is 4.72 Å². The molecule has 2 aromatic rings. The zero-order valence-corrected chi connectivity index (χ0v) is 12.6. The molecule has 0 radical (unpaired) electrons. The normalized spacial score (nSPS) is 11.2. The molecule has 0 spiro atoms. The maximum atomic E-state index is 12.2. The smallest absolute Gasteiger partial charge is 0.264 e. The van der Waals surface area contributed by atoms with E-state index < -0.39 is 10.0 Å². The SMILES string of the molecule is COc1cc(Cl)c(S(=O)(=O)Nc2ccccn2)cc1Cl. The van der Waals surface area contributed by atoms with Gasteiger partial charge in [0.25, 0.3) is 10.0 Å². The van der Waals surface area contributed by atoms with Gasteiger partial charge in [-0.05, 0) is 18.2 Å². The molecule has 0 saturated heterocycles. The first-order valence-electron chi connectivity index (χ1n) is 5.41. The summed E-state index contributed by atoms with van der Waals surface area (Å²) < 4.78 is 31.8. The van der Waals surface area contributed by atoms with Crippen LogP contribution in [0.15, 0.2) is 41.4 Å². The highest BCUT2D eigenvalue weighted by Crippen LogP contribution is 2.33. The summed E-state index contributed by atoms with van der Waals surface area (Å²) in [5.74, 6) is 0.490. The van der Waals surface area contributed by atoms with Crippen LogP contribution < -0.4 is 9.46 Å². The van der Waals surface area contributed by atoms with E-state index in [1.54, 1.807) is 12.1 Å². The van der Waals surface area contributed by atoms with Crippen molar-refractivity contribution in [1.29, 1.82) is 0 Å². The maximum absolute atomic E-state index is 12.2. The number of nitrogens with one attached hydrogen (secondary N) is 1. The third-order valence-electron chi connectivity index (χ3n) is 2.40. The number of rotatable bonds is 4. The minimum atomic E-state index is -3.88. The second kappa shape index (κ2) is 5.87. The van der Waals surface area contributed by atoms with E-state index in [1.807, 2.05) is 0 Å². The molecule has 20 heavy (non-hydrogen) atoms. The van der Waals surface area contributed by atoms with Crippen LogP contribution in [0.5, 0.6) is 5.75 Å². The van der Waals surface area contributed by atoms with Crippen LogP contribution in [0.25, 0.3) is 0 Å².